The summed E-state index contributed by atoms with van der Waals surface area (Å²) in [6.07, 6.45) is 36.5. The first kappa shape index (κ1) is 25.5. The van der Waals surface area contributed by atoms with Crippen molar-refractivity contribution < 1.29 is 0 Å². The molecule has 0 spiro atoms. The van der Waals surface area contributed by atoms with Crippen LogP contribution in [-0.2, 0) is 0 Å². The lowest BCUT2D eigenvalue weighted by atomic mass is 9.99. The van der Waals surface area contributed by atoms with Crippen molar-refractivity contribution >= 4 is 15.8 Å². The fraction of sp³-hybridized carbons (Fsp3) is 1.00. The number of rotatable bonds is 7. The highest BCUT2D eigenvalue weighted by atomic mass is 31.1. The van der Waals surface area contributed by atoms with Gasteiger partial charge in [-0.3, -0.25) is 0 Å². The van der Waals surface area contributed by atoms with E-state index in [9.17, 15) is 0 Å². The van der Waals surface area contributed by atoms with Crippen LogP contribution in [-0.4, -0.2) is 34.0 Å². The van der Waals surface area contributed by atoms with Crippen molar-refractivity contribution in [1.82, 2.24) is 0 Å². The van der Waals surface area contributed by atoms with E-state index in [4.69, 9.17) is 0 Å². The highest BCUT2D eigenvalue weighted by Crippen LogP contribution is 2.68. The fourth-order valence-corrected chi connectivity index (χ4v) is 19.2. The lowest BCUT2D eigenvalue weighted by Crippen LogP contribution is -2.35. The third kappa shape index (κ3) is 6.23. The first-order valence-electron chi connectivity index (χ1n) is 15.9. The van der Waals surface area contributed by atoms with Crippen molar-refractivity contribution in [2.24, 2.45) is 5.92 Å². The lowest BCUT2D eigenvalue weighted by Gasteiger charge is -2.48. The Hall–Kier alpha value is 0.860. The topological polar surface area (TPSA) is 0 Å². The second-order valence-electron chi connectivity index (χ2n) is 13.0. The van der Waals surface area contributed by atoms with E-state index in [1.165, 1.54) is 17.0 Å². The first-order chi connectivity index (χ1) is 16.3. The smallest absolute Gasteiger partial charge is 0.0170 e. The molecule has 190 valence electrons. The Morgan fingerprint density at radius 3 is 1.24 bits per heavy atom. The zero-order valence-electron chi connectivity index (χ0n) is 22.2. The normalized spacial score (nSPS) is 33.2. The van der Waals surface area contributed by atoms with Crippen molar-refractivity contribution in [3.63, 3.8) is 0 Å². The van der Waals surface area contributed by atoms with Gasteiger partial charge in [0, 0.05) is 0 Å². The van der Waals surface area contributed by atoms with Crippen LogP contribution in [0.15, 0.2) is 0 Å². The van der Waals surface area contributed by atoms with Crippen molar-refractivity contribution in [3.05, 3.63) is 0 Å². The molecule has 0 saturated heterocycles. The summed E-state index contributed by atoms with van der Waals surface area (Å²) in [5, 5.41) is 0. The van der Waals surface area contributed by atoms with Gasteiger partial charge in [0.25, 0.3) is 0 Å². The van der Waals surface area contributed by atoms with Gasteiger partial charge in [-0.2, -0.15) is 0 Å². The first-order valence-corrected chi connectivity index (χ1v) is 19.0. The van der Waals surface area contributed by atoms with Crippen LogP contribution in [0.3, 0.4) is 0 Å². The van der Waals surface area contributed by atoms with Gasteiger partial charge < -0.3 is 0 Å². The molecule has 0 amide bonds. The average molecular weight is 491 g/mol. The van der Waals surface area contributed by atoms with Crippen molar-refractivity contribution in [2.45, 2.75) is 189 Å². The highest BCUT2D eigenvalue weighted by molar-refractivity contribution is 7.61. The largest absolute Gasteiger partial charge is 0.0971 e. The minimum Gasteiger partial charge on any atom is -0.0971 e. The summed E-state index contributed by atoms with van der Waals surface area (Å²) in [6, 6.07) is 0. The van der Waals surface area contributed by atoms with E-state index >= 15 is 0 Å². The van der Waals surface area contributed by atoms with Crippen LogP contribution in [0.2, 0.25) is 0 Å². The van der Waals surface area contributed by atoms with Gasteiger partial charge in [0.05, 0.1) is 0 Å². The molecule has 3 atom stereocenters. The molecule has 5 rings (SSSR count). The minimum absolute atomic E-state index is 0.255. The Kier molecular flexibility index (Phi) is 9.97. The molecule has 0 heterocycles. The van der Waals surface area contributed by atoms with Gasteiger partial charge >= 0.3 is 0 Å². The van der Waals surface area contributed by atoms with E-state index in [-0.39, 0.29) is 15.8 Å². The number of hydrogen-bond acceptors (Lipinski definition) is 0. The Morgan fingerprint density at radius 1 is 0.424 bits per heavy atom. The lowest BCUT2D eigenvalue weighted by molar-refractivity contribution is 0.456. The Morgan fingerprint density at radius 2 is 0.818 bits per heavy atom. The van der Waals surface area contributed by atoms with Crippen molar-refractivity contribution in [3.8, 4) is 0 Å². The number of hydrogen-bond donors (Lipinski definition) is 0. The van der Waals surface area contributed by atoms with Crippen LogP contribution in [0.5, 0.6) is 0 Å². The van der Waals surface area contributed by atoms with E-state index < -0.39 is 0 Å². The van der Waals surface area contributed by atoms with E-state index in [1.54, 1.807) is 148 Å². The van der Waals surface area contributed by atoms with Gasteiger partial charge in [-0.15, -0.1) is 0 Å². The van der Waals surface area contributed by atoms with Crippen LogP contribution in [0.25, 0.3) is 0 Å². The second kappa shape index (κ2) is 12.9. The maximum Gasteiger partial charge on any atom is -0.0170 e. The third-order valence-corrected chi connectivity index (χ3v) is 19.2. The quantitative estimate of drug-likeness (QED) is 0.311. The molecule has 5 saturated carbocycles. The van der Waals surface area contributed by atoms with Gasteiger partial charge in [-0.1, -0.05) is 106 Å². The Labute approximate surface area is 210 Å². The zero-order chi connectivity index (χ0) is 22.5. The molecule has 5 aliphatic rings. The van der Waals surface area contributed by atoms with Gasteiger partial charge in [-0.05, 0) is 104 Å². The predicted molar refractivity (Wildman–Crippen MR) is 152 cm³/mol. The summed E-state index contributed by atoms with van der Waals surface area (Å²) >= 11 is 0. The maximum absolute atomic E-state index is 2.85. The van der Waals surface area contributed by atoms with Crippen LogP contribution >= 0.6 is 15.8 Å². The molecule has 0 nitrogen and oxygen atoms in total. The summed E-state index contributed by atoms with van der Waals surface area (Å²) in [4.78, 5) is 0. The molecule has 5 aliphatic carbocycles. The summed E-state index contributed by atoms with van der Waals surface area (Å²) in [7, 11) is 0.536. The monoisotopic (exact) mass is 490 g/mol. The summed E-state index contributed by atoms with van der Waals surface area (Å²) in [6.45, 7) is 2.85. The summed E-state index contributed by atoms with van der Waals surface area (Å²) in [5.41, 5.74) is 6.93. The standard InChI is InChI=1S/C31H56P2/c1-25(32(26-15-6-2-7-16-26)27-17-8-3-9-18-27)30-23-14-24-31(30)33(28-19-10-4-11-20-28)29-21-12-5-13-22-29/h25-31H,2-24H2,1H3/t25-,30?,31?/m1/s1. The third-order valence-electron chi connectivity index (χ3n) is 11.0. The van der Waals surface area contributed by atoms with E-state index in [0.29, 0.717) is 0 Å². The van der Waals surface area contributed by atoms with E-state index in [2.05, 4.69) is 6.92 Å². The van der Waals surface area contributed by atoms with Crippen molar-refractivity contribution in [2.75, 3.05) is 0 Å². The van der Waals surface area contributed by atoms with Gasteiger partial charge in [-0.25, -0.2) is 0 Å². The molecule has 0 radical (unpaired) electrons. The van der Waals surface area contributed by atoms with Crippen LogP contribution in [0.1, 0.15) is 155 Å². The molecule has 5 fully saturated rings. The van der Waals surface area contributed by atoms with Crippen molar-refractivity contribution in [1.29, 1.82) is 0 Å². The molecule has 0 aliphatic heterocycles. The Bertz CT molecular complexity index is 515. The fourth-order valence-electron chi connectivity index (χ4n) is 9.44. The molecule has 0 bridgehead atoms. The van der Waals surface area contributed by atoms with Crippen LogP contribution in [0, 0.1) is 5.92 Å². The molecule has 0 aromatic heterocycles. The molecular weight excluding hydrogens is 434 g/mol. The SMILES string of the molecule is C[C@H](C1CCCC1P(C1CCCCC1)C1CCCCC1)P(C1CCCCC1)C1CCCCC1. The van der Waals surface area contributed by atoms with E-state index in [1.807, 2.05) is 0 Å². The molecular formula is C31H56P2. The molecule has 2 heteroatoms. The maximum atomic E-state index is 2.85. The minimum atomic E-state index is 0.255. The van der Waals surface area contributed by atoms with Crippen LogP contribution in [0.4, 0.5) is 0 Å². The summed E-state index contributed by atoms with van der Waals surface area (Å²) < 4.78 is 0. The molecule has 0 aromatic carbocycles. The molecule has 0 N–H and O–H groups in total. The Balaban J connectivity index is 1.37. The molecule has 2 unspecified atom stereocenters. The van der Waals surface area contributed by atoms with Gasteiger partial charge in [0.1, 0.15) is 0 Å². The molecule has 33 heavy (non-hydrogen) atoms. The van der Waals surface area contributed by atoms with E-state index in [0.717, 1.165) is 22.9 Å². The zero-order valence-corrected chi connectivity index (χ0v) is 24.0. The average Bonchev–Trinajstić information content (AvgIpc) is 3.36. The second-order valence-corrected chi connectivity index (χ2v) is 19.2. The predicted octanol–water partition coefficient (Wildman–Crippen LogP) is 10.8. The van der Waals surface area contributed by atoms with Gasteiger partial charge in [0.2, 0.25) is 0 Å². The summed E-state index contributed by atoms with van der Waals surface area (Å²) in [5.74, 6) is 1.13. The van der Waals surface area contributed by atoms with Crippen LogP contribution < -0.4 is 0 Å². The highest BCUT2D eigenvalue weighted by Gasteiger charge is 2.46. The molecule has 0 aromatic rings. The van der Waals surface area contributed by atoms with Gasteiger partial charge in [0.15, 0.2) is 0 Å².